The lowest BCUT2D eigenvalue weighted by Gasteiger charge is -2.21. The molecule has 1 aliphatic carbocycles. The lowest BCUT2D eigenvalue weighted by atomic mass is 10.3. The van der Waals surface area contributed by atoms with Crippen LogP contribution in [0.5, 0.6) is 0 Å². The number of amides is 2. The summed E-state index contributed by atoms with van der Waals surface area (Å²) in [4.78, 5) is 23.4. The molecule has 82 valence electrons. The van der Waals surface area contributed by atoms with Crippen LogP contribution in [0.1, 0.15) is 19.8 Å². The second-order valence-electron chi connectivity index (χ2n) is 3.59. The Labute approximate surface area is 88.4 Å². The summed E-state index contributed by atoms with van der Waals surface area (Å²) in [6.07, 6.45) is 6.85. The van der Waals surface area contributed by atoms with Crippen molar-refractivity contribution in [3.05, 3.63) is 0 Å². The Bertz CT molecular complexity index is 304. The first kappa shape index (κ1) is 11.4. The summed E-state index contributed by atoms with van der Waals surface area (Å²) in [6.45, 7) is 1.40. The number of nitrogens with zero attached hydrogens (tertiary/aromatic N) is 1. The van der Waals surface area contributed by atoms with E-state index in [-0.39, 0.29) is 18.6 Å². The van der Waals surface area contributed by atoms with Crippen LogP contribution < -0.4 is 5.32 Å². The molecule has 0 bridgehead atoms. The van der Waals surface area contributed by atoms with Crippen LogP contribution in [0.25, 0.3) is 0 Å². The van der Waals surface area contributed by atoms with Crippen molar-refractivity contribution in [1.29, 1.82) is 0 Å². The lowest BCUT2D eigenvalue weighted by Crippen LogP contribution is -2.46. The Balaban J connectivity index is 2.52. The fourth-order valence-corrected chi connectivity index (χ4v) is 1.21. The molecule has 15 heavy (non-hydrogen) atoms. The summed E-state index contributed by atoms with van der Waals surface area (Å²) in [5.41, 5.74) is 0. The van der Waals surface area contributed by atoms with Gasteiger partial charge in [0.05, 0.1) is 6.04 Å². The van der Waals surface area contributed by atoms with E-state index in [1.807, 2.05) is 0 Å². The third-order valence-electron chi connectivity index (χ3n) is 2.14. The van der Waals surface area contributed by atoms with Crippen molar-refractivity contribution >= 4 is 12.0 Å². The monoisotopic (exact) mass is 210 g/mol. The van der Waals surface area contributed by atoms with E-state index < -0.39 is 12.0 Å². The summed E-state index contributed by atoms with van der Waals surface area (Å²) in [7, 11) is 0. The highest BCUT2D eigenvalue weighted by Gasteiger charge is 2.34. The highest BCUT2D eigenvalue weighted by molar-refractivity contribution is 5.81. The molecule has 1 rings (SSSR count). The van der Waals surface area contributed by atoms with E-state index in [0.717, 1.165) is 12.8 Å². The average Bonchev–Trinajstić information content (AvgIpc) is 2.96. The van der Waals surface area contributed by atoms with Crippen molar-refractivity contribution in [2.45, 2.75) is 31.8 Å². The first-order valence-corrected chi connectivity index (χ1v) is 4.79. The molecule has 1 atom stereocenters. The van der Waals surface area contributed by atoms with Gasteiger partial charge in [0.2, 0.25) is 0 Å². The van der Waals surface area contributed by atoms with Crippen molar-refractivity contribution in [3.63, 3.8) is 0 Å². The van der Waals surface area contributed by atoms with Gasteiger partial charge in [-0.15, -0.1) is 6.42 Å². The zero-order chi connectivity index (χ0) is 11.4. The minimum absolute atomic E-state index is 0.0612. The van der Waals surface area contributed by atoms with Crippen LogP contribution in [0.3, 0.4) is 0 Å². The van der Waals surface area contributed by atoms with Crippen LogP contribution in [-0.4, -0.2) is 40.6 Å². The maximum atomic E-state index is 11.6. The predicted molar refractivity (Wildman–Crippen MR) is 54.2 cm³/mol. The number of hydrogen-bond donors (Lipinski definition) is 2. The lowest BCUT2D eigenvalue weighted by molar-refractivity contribution is -0.137. The Kier molecular flexibility index (Phi) is 3.56. The third-order valence-corrected chi connectivity index (χ3v) is 2.14. The molecule has 1 unspecified atom stereocenters. The maximum absolute atomic E-state index is 11.6. The normalized spacial score (nSPS) is 16.3. The number of carboxylic acid groups (broad SMARTS) is 1. The van der Waals surface area contributed by atoms with Gasteiger partial charge in [0.15, 0.2) is 0 Å². The molecule has 1 saturated carbocycles. The number of hydrogen-bond acceptors (Lipinski definition) is 2. The molecule has 1 aliphatic rings. The molecule has 0 saturated heterocycles. The van der Waals surface area contributed by atoms with Crippen LogP contribution in [0, 0.1) is 12.3 Å². The van der Waals surface area contributed by atoms with Gasteiger partial charge in [0, 0.05) is 6.04 Å². The van der Waals surface area contributed by atoms with E-state index in [4.69, 9.17) is 11.5 Å². The summed E-state index contributed by atoms with van der Waals surface area (Å²) in [6, 6.07) is -0.719. The standard InChI is InChI=1S/C10H14N2O3/c1-3-7(2)11-10(15)12(6-9(13)14)8-4-5-8/h1,7-8H,4-6H2,2H3,(H,11,15)(H,13,14). The molecule has 0 radical (unpaired) electrons. The fourth-order valence-electron chi connectivity index (χ4n) is 1.21. The Morgan fingerprint density at radius 1 is 1.67 bits per heavy atom. The van der Waals surface area contributed by atoms with Crippen LogP contribution in [0.15, 0.2) is 0 Å². The van der Waals surface area contributed by atoms with Gasteiger partial charge in [-0.1, -0.05) is 5.92 Å². The number of carbonyl (C=O) groups excluding carboxylic acids is 1. The molecule has 0 heterocycles. The highest BCUT2D eigenvalue weighted by Crippen LogP contribution is 2.26. The van der Waals surface area contributed by atoms with Gasteiger partial charge in [-0.3, -0.25) is 4.79 Å². The maximum Gasteiger partial charge on any atom is 0.323 e. The van der Waals surface area contributed by atoms with Gasteiger partial charge in [-0.2, -0.15) is 0 Å². The van der Waals surface area contributed by atoms with Crippen LogP contribution in [-0.2, 0) is 4.79 Å². The topological polar surface area (TPSA) is 69.6 Å². The molecule has 2 amide bonds. The van der Waals surface area contributed by atoms with Crippen molar-refractivity contribution in [3.8, 4) is 12.3 Å². The highest BCUT2D eigenvalue weighted by atomic mass is 16.4. The molecule has 2 N–H and O–H groups in total. The first-order chi connectivity index (χ1) is 7.04. The number of aliphatic carboxylic acids is 1. The number of carboxylic acids is 1. The fraction of sp³-hybridized carbons (Fsp3) is 0.600. The second-order valence-corrected chi connectivity index (χ2v) is 3.59. The van der Waals surface area contributed by atoms with Crippen molar-refractivity contribution in [2.24, 2.45) is 0 Å². The van der Waals surface area contributed by atoms with Gasteiger partial charge in [-0.25, -0.2) is 4.79 Å². The van der Waals surface area contributed by atoms with E-state index in [1.54, 1.807) is 6.92 Å². The van der Waals surface area contributed by atoms with E-state index in [2.05, 4.69) is 11.2 Å². The van der Waals surface area contributed by atoms with Gasteiger partial charge < -0.3 is 15.3 Å². The zero-order valence-electron chi connectivity index (χ0n) is 8.56. The second kappa shape index (κ2) is 4.69. The van der Waals surface area contributed by atoms with Gasteiger partial charge in [0.25, 0.3) is 0 Å². The predicted octanol–water partition coefficient (Wildman–Crippen LogP) is 0.267. The Hall–Kier alpha value is -1.70. The third kappa shape index (κ3) is 3.50. The molecule has 0 aromatic rings. The number of rotatable bonds is 4. The van der Waals surface area contributed by atoms with Crippen molar-refractivity contribution < 1.29 is 14.7 Å². The Morgan fingerprint density at radius 2 is 2.27 bits per heavy atom. The molecule has 1 fully saturated rings. The van der Waals surface area contributed by atoms with E-state index in [1.165, 1.54) is 4.90 Å². The van der Waals surface area contributed by atoms with E-state index in [0.29, 0.717) is 0 Å². The molecular weight excluding hydrogens is 196 g/mol. The van der Waals surface area contributed by atoms with Crippen molar-refractivity contribution in [2.75, 3.05) is 6.54 Å². The van der Waals surface area contributed by atoms with Crippen LogP contribution in [0.4, 0.5) is 4.79 Å². The smallest absolute Gasteiger partial charge is 0.323 e. The summed E-state index contributed by atoms with van der Waals surface area (Å²) in [5.74, 6) is 1.35. The summed E-state index contributed by atoms with van der Waals surface area (Å²) >= 11 is 0. The minimum atomic E-state index is -1.01. The largest absolute Gasteiger partial charge is 0.480 e. The molecule has 0 aliphatic heterocycles. The minimum Gasteiger partial charge on any atom is -0.480 e. The molecule has 5 heteroatoms. The van der Waals surface area contributed by atoms with Gasteiger partial charge in [-0.05, 0) is 19.8 Å². The van der Waals surface area contributed by atoms with Gasteiger partial charge in [0.1, 0.15) is 6.54 Å². The number of nitrogens with one attached hydrogen (secondary N) is 1. The number of carbonyl (C=O) groups is 2. The van der Waals surface area contributed by atoms with Gasteiger partial charge >= 0.3 is 12.0 Å². The zero-order valence-corrected chi connectivity index (χ0v) is 8.56. The molecule has 0 aromatic heterocycles. The first-order valence-electron chi connectivity index (χ1n) is 4.79. The number of terminal acetylenes is 1. The Morgan fingerprint density at radius 3 is 2.67 bits per heavy atom. The SMILES string of the molecule is C#CC(C)NC(=O)N(CC(=O)O)C1CC1. The average molecular weight is 210 g/mol. The van der Waals surface area contributed by atoms with E-state index >= 15 is 0 Å². The van der Waals surface area contributed by atoms with Crippen LogP contribution >= 0.6 is 0 Å². The molecule has 5 nitrogen and oxygen atoms in total. The van der Waals surface area contributed by atoms with Crippen molar-refractivity contribution in [1.82, 2.24) is 10.2 Å². The molecular formula is C10H14N2O3. The number of urea groups is 1. The van der Waals surface area contributed by atoms with Crippen LogP contribution in [0.2, 0.25) is 0 Å². The quantitative estimate of drug-likeness (QED) is 0.654. The summed E-state index contributed by atoms with van der Waals surface area (Å²) < 4.78 is 0. The molecule has 0 aromatic carbocycles. The summed E-state index contributed by atoms with van der Waals surface area (Å²) in [5, 5.41) is 11.2. The van der Waals surface area contributed by atoms with E-state index in [9.17, 15) is 9.59 Å². The molecule has 0 spiro atoms.